The molecular formula is C22H20N2O3. The summed E-state index contributed by atoms with van der Waals surface area (Å²) >= 11 is 0. The van der Waals surface area contributed by atoms with E-state index in [4.69, 9.17) is 0 Å². The average Bonchev–Trinajstić information content (AvgIpc) is 2.70. The van der Waals surface area contributed by atoms with Crippen molar-refractivity contribution in [3.05, 3.63) is 96.1 Å². The van der Waals surface area contributed by atoms with Gasteiger partial charge < -0.3 is 15.3 Å². The number of nitrogens with zero attached hydrogens (tertiary/aromatic N) is 1. The van der Waals surface area contributed by atoms with Gasteiger partial charge in [-0.1, -0.05) is 60.7 Å². The third kappa shape index (κ3) is 5.19. The number of phenols is 1. The Bertz CT molecular complexity index is 852. The lowest BCUT2D eigenvalue weighted by Crippen LogP contribution is -2.38. The fourth-order valence-electron chi connectivity index (χ4n) is 2.68. The van der Waals surface area contributed by atoms with Crippen molar-refractivity contribution in [3.8, 4) is 5.75 Å². The number of phenolic OH excluding ortho intramolecular Hbond substituents is 1. The normalized spacial score (nSPS) is 10.2. The molecule has 2 N–H and O–H groups in total. The molecule has 3 aromatic rings. The van der Waals surface area contributed by atoms with Gasteiger partial charge in [0, 0.05) is 18.8 Å². The van der Waals surface area contributed by atoms with Gasteiger partial charge in [0.15, 0.2) is 0 Å². The lowest BCUT2D eigenvalue weighted by Gasteiger charge is -2.22. The number of amides is 2. The lowest BCUT2D eigenvalue weighted by molar-refractivity contribution is -0.144. The fraction of sp³-hybridized carbons (Fsp3) is 0.0909. The van der Waals surface area contributed by atoms with Crippen LogP contribution in [0.1, 0.15) is 11.1 Å². The number of aromatic hydroxyl groups is 1. The zero-order valence-corrected chi connectivity index (χ0v) is 14.7. The minimum Gasteiger partial charge on any atom is -0.508 e. The largest absolute Gasteiger partial charge is 0.508 e. The van der Waals surface area contributed by atoms with Crippen LogP contribution in [0.4, 0.5) is 5.69 Å². The van der Waals surface area contributed by atoms with E-state index in [9.17, 15) is 14.7 Å². The van der Waals surface area contributed by atoms with E-state index in [2.05, 4.69) is 5.32 Å². The highest BCUT2D eigenvalue weighted by molar-refractivity contribution is 6.39. The Morgan fingerprint density at radius 1 is 0.741 bits per heavy atom. The molecule has 0 spiro atoms. The summed E-state index contributed by atoms with van der Waals surface area (Å²) in [7, 11) is 0. The van der Waals surface area contributed by atoms with E-state index in [1.54, 1.807) is 12.1 Å². The number of anilines is 1. The first-order chi connectivity index (χ1) is 13.1. The van der Waals surface area contributed by atoms with Gasteiger partial charge in [-0.05, 0) is 35.4 Å². The first kappa shape index (κ1) is 18.2. The topological polar surface area (TPSA) is 69.6 Å². The number of hydrogen-bond acceptors (Lipinski definition) is 3. The molecule has 0 saturated heterocycles. The highest BCUT2D eigenvalue weighted by atomic mass is 16.3. The Kier molecular flexibility index (Phi) is 5.84. The maximum absolute atomic E-state index is 12.8. The summed E-state index contributed by atoms with van der Waals surface area (Å²) in [6.45, 7) is 0.662. The molecule has 27 heavy (non-hydrogen) atoms. The van der Waals surface area contributed by atoms with E-state index >= 15 is 0 Å². The summed E-state index contributed by atoms with van der Waals surface area (Å²) < 4.78 is 0. The standard InChI is InChI=1S/C22H20N2O3/c25-20-13-11-19(12-14-20)23-21(26)22(27)24(15-17-7-3-1-4-8-17)16-18-9-5-2-6-10-18/h1-14,25H,15-16H2,(H,23,26). The summed E-state index contributed by atoms with van der Waals surface area (Å²) in [5, 5.41) is 11.9. The first-order valence-corrected chi connectivity index (χ1v) is 8.59. The zero-order valence-electron chi connectivity index (χ0n) is 14.7. The Hall–Kier alpha value is -3.60. The molecule has 0 atom stereocenters. The number of benzene rings is 3. The molecule has 5 nitrogen and oxygen atoms in total. The molecule has 136 valence electrons. The molecule has 0 radical (unpaired) electrons. The maximum Gasteiger partial charge on any atom is 0.313 e. The second-order valence-electron chi connectivity index (χ2n) is 6.13. The van der Waals surface area contributed by atoms with E-state index in [0.29, 0.717) is 18.8 Å². The number of carbonyl (C=O) groups is 2. The molecule has 0 saturated carbocycles. The molecule has 0 aliphatic rings. The van der Waals surface area contributed by atoms with Crippen molar-refractivity contribution in [3.63, 3.8) is 0 Å². The molecule has 0 bridgehead atoms. The molecule has 3 aromatic carbocycles. The Labute approximate surface area is 157 Å². The van der Waals surface area contributed by atoms with Crippen LogP contribution in [-0.2, 0) is 22.7 Å². The summed E-state index contributed by atoms with van der Waals surface area (Å²) in [6, 6.07) is 25.1. The van der Waals surface area contributed by atoms with Gasteiger partial charge >= 0.3 is 11.8 Å². The van der Waals surface area contributed by atoms with Crippen molar-refractivity contribution in [2.75, 3.05) is 5.32 Å². The van der Waals surface area contributed by atoms with Crippen LogP contribution in [0, 0.1) is 0 Å². The van der Waals surface area contributed by atoms with Gasteiger partial charge in [-0.25, -0.2) is 0 Å². The molecular weight excluding hydrogens is 340 g/mol. The van der Waals surface area contributed by atoms with Crippen molar-refractivity contribution in [1.29, 1.82) is 0 Å². The van der Waals surface area contributed by atoms with Crippen molar-refractivity contribution < 1.29 is 14.7 Å². The summed E-state index contributed by atoms with van der Waals surface area (Å²) in [6.07, 6.45) is 0. The van der Waals surface area contributed by atoms with Crippen LogP contribution < -0.4 is 5.32 Å². The van der Waals surface area contributed by atoms with Gasteiger partial charge in [-0.2, -0.15) is 0 Å². The van der Waals surface area contributed by atoms with Crippen molar-refractivity contribution in [2.24, 2.45) is 0 Å². The third-order valence-corrected chi connectivity index (χ3v) is 4.04. The Morgan fingerprint density at radius 2 is 1.22 bits per heavy atom. The van der Waals surface area contributed by atoms with Crippen LogP contribution in [0.5, 0.6) is 5.75 Å². The molecule has 0 fully saturated rings. The Morgan fingerprint density at radius 3 is 1.70 bits per heavy atom. The van der Waals surface area contributed by atoms with Crippen LogP contribution >= 0.6 is 0 Å². The highest BCUT2D eigenvalue weighted by Crippen LogP contribution is 2.15. The summed E-state index contributed by atoms with van der Waals surface area (Å²) in [5.41, 5.74) is 2.34. The number of nitrogens with one attached hydrogen (secondary N) is 1. The van der Waals surface area contributed by atoms with Crippen LogP contribution in [0.25, 0.3) is 0 Å². The monoisotopic (exact) mass is 360 g/mol. The van der Waals surface area contributed by atoms with Gasteiger partial charge in [0.05, 0.1) is 0 Å². The molecule has 2 amide bonds. The average molecular weight is 360 g/mol. The van der Waals surface area contributed by atoms with E-state index < -0.39 is 11.8 Å². The van der Waals surface area contributed by atoms with E-state index in [1.165, 1.54) is 17.0 Å². The van der Waals surface area contributed by atoms with Gasteiger partial charge in [-0.15, -0.1) is 0 Å². The Balaban J connectivity index is 1.76. The van der Waals surface area contributed by atoms with Crippen LogP contribution in [-0.4, -0.2) is 21.8 Å². The molecule has 0 heterocycles. The number of hydrogen-bond donors (Lipinski definition) is 2. The van der Waals surface area contributed by atoms with E-state index in [1.807, 2.05) is 60.7 Å². The fourth-order valence-corrected chi connectivity index (χ4v) is 2.68. The third-order valence-electron chi connectivity index (χ3n) is 4.04. The predicted molar refractivity (Wildman–Crippen MR) is 104 cm³/mol. The first-order valence-electron chi connectivity index (χ1n) is 8.59. The highest BCUT2D eigenvalue weighted by Gasteiger charge is 2.22. The molecule has 0 aromatic heterocycles. The lowest BCUT2D eigenvalue weighted by atomic mass is 10.1. The minimum absolute atomic E-state index is 0.0918. The summed E-state index contributed by atoms with van der Waals surface area (Å²) in [5.74, 6) is -1.24. The van der Waals surface area contributed by atoms with Gasteiger partial charge in [0.25, 0.3) is 0 Å². The predicted octanol–water partition coefficient (Wildman–Crippen LogP) is 3.56. The number of rotatable bonds is 5. The van der Waals surface area contributed by atoms with Crippen molar-refractivity contribution in [1.82, 2.24) is 4.90 Å². The van der Waals surface area contributed by atoms with Gasteiger partial charge in [-0.3, -0.25) is 9.59 Å². The molecule has 0 unspecified atom stereocenters. The summed E-state index contributed by atoms with van der Waals surface area (Å²) in [4.78, 5) is 26.8. The van der Waals surface area contributed by atoms with Crippen molar-refractivity contribution in [2.45, 2.75) is 13.1 Å². The second kappa shape index (κ2) is 8.67. The molecule has 0 aliphatic carbocycles. The quantitative estimate of drug-likeness (QED) is 0.540. The minimum atomic E-state index is -0.715. The van der Waals surface area contributed by atoms with Crippen molar-refractivity contribution >= 4 is 17.5 Å². The maximum atomic E-state index is 12.8. The molecule has 3 rings (SSSR count). The SMILES string of the molecule is O=C(Nc1ccc(O)cc1)C(=O)N(Cc1ccccc1)Cc1ccccc1. The van der Waals surface area contributed by atoms with Crippen LogP contribution in [0.15, 0.2) is 84.9 Å². The van der Waals surface area contributed by atoms with Gasteiger partial charge in [0.1, 0.15) is 5.75 Å². The zero-order chi connectivity index (χ0) is 19.1. The molecule has 5 heteroatoms. The second-order valence-corrected chi connectivity index (χ2v) is 6.13. The smallest absolute Gasteiger partial charge is 0.313 e. The van der Waals surface area contributed by atoms with E-state index in [-0.39, 0.29) is 5.75 Å². The number of carbonyl (C=O) groups excluding carboxylic acids is 2. The van der Waals surface area contributed by atoms with Crippen LogP contribution in [0.3, 0.4) is 0 Å². The van der Waals surface area contributed by atoms with Gasteiger partial charge in [0.2, 0.25) is 0 Å². The van der Waals surface area contributed by atoms with Crippen LogP contribution in [0.2, 0.25) is 0 Å². The van der Waals surface area contributed by atoms with E-state index in [0.717, 1.165) is 11.1 Å². The molecule has 0 aliphatic heterocycles.